The highest BCUT2D eigenvalue weighted by molar-refractivity contribution is 9.10. The van der Waals surface area contributed by atoms with Crippen LogP contribution < -0.4 is 0 Å². The van der Waals surface area contributed by atoms with Gasteiger partial charge in [0.25, 0.3) is 0 Å². The molecule has 0 atom stereocenters. The summed E-state index contributed by atoms with van der Waals surface area (Å²) in [4.78, 5) is 0. The summed E-state index contributed by atoms with van der Waals surface area (Å²) in [6, 6.07) is 36.2. The number of halogens is 1. The summed E-state index contributed by atoms with van der Waals surface area (Å²) in [5.41, 5.74) is 7.41. The molecule has 0 saturated heterocycles. The van der Waals surface area contributed by atoms with E-state index in [0.29, 0.717) is 0 Å². The van der Waals surface area contributed by atoms with Gasteiger partial charge in [-0.25, -0.2) is 0 Å². The van der Waals surface area contributed by atoms with Crippen molar-refractivity contribution in [3.05, 3.63) is 108 Å². The fourth-order valence-corrected chi connectivity index (χ4v) is 3.62. The summed E-state index contributed by atoms with van der Waals surface area (Å²) < 4.78 is 1.11. The second-order valence-corrected chi connectivity index (χ2v) is 6.82. The number of hydrogen-bond donors (Lipinski definition) is 0. The molecule has 0 fully saturated rings. The largest absolute Gasteiger partial charge is 0.0622 e. The van der Waals surface area contributed by atoms with Gasteiger partial charge in [-0.2, -0.15) is 0 Å². The molecule has 0 aromatic heterocycles. The Balaban J connectivity index is 1.78. The maximum absolute atomic E-state index is 3.68. The fourth-order valence-electron chi connectivity index (χ4n) is 3.12. The predicted octanol–water partition coefficient (Wildman–Crippen LogP) is 7.45. The van der Waals surface area contributed by atoms with Gasteiger partial charge in [-0.05, 0) is 39.4 Å². The van der Waals surface area contributed by atoms with Crippen molar-refractivity contribution in [3.8, 4) is 33.4 Å². The highest BCUT2D eigenvalue weighted by Crippen LogP contribution is 2.36. The third-order valence-corrected chi connectivity index (χ3v) is 5.09. The van der Waals surface area contributed by atoms with Crippen molar-refractivity contribution in [3.63, 3.8) is 0 Å². The van der Waals surface area contributed by atoms with Gasteiger partial charge in [0.15, 0.2) is 0 Å². The molecule has 4 aromatic carbocycles. The molecule has 1 heteroatoms. The van der Waals surface area contributed by atoms with Gasteiger partial charge in [-0.1, -0.05) is 113 Å². The lowest BCUT2D eigenvalue weighted by atomic mass is 9.93. The molecule has 4 rings (SSSR count). The van der Waals surface area contributed by atoms with Crippen LogP contribution >= 0.6 is 15.9 Å². The van der Waals surface area contributed by atoms with E-state index < -0.39 is 0 Å². The molecular weight excluding hydrogens is 368 g/mol. The SMILES string of the molecule is Brc1ccccc1-c1ccccc1-c1ccc(-c2ccccc2)cc1. The normalized spacial score (nSPS) is 10.6. The summed E-state index contributed by atoms with van der Waals surface area (Å²) >= 11 is 3.68. The molecule has 0 amide bonds. The first kappa shape index (κ1) is 15.9. The van der Waals surface area contributed by atoms with Gasteiger partial charge in [0.1, 0.15) is 0 Å². The quantitative estimate of drug-likeness (QED) is 0.344. The van der Waals surface area contributed by atoms with Crippen molar-refractivity contribution in [2.45, 2.75) is 0 Å². The minimum Gasteiger partial charge on any atom is -0.0622 e. The van der Waals surface area contributed by atoms with Crippen LogP contribution in [0.15, 0.2) is 108 Å². The predicted molar refractivity (Wildman–Crippen MR) is 110 cm³/mol. The summed E-state index contributed by atoms with van der Waals surface area (Å²) in [7, 11) is 0. The molecule has 4 aromatic rings. The molecule has 0 nitrogen and oxygen atoms in total. The van der Waals surface area contributed by atoms with Crippen LogP contribution in [-0.2, 0) is 0 Å². The molecule has 0 aliphatic rings. The minimum atomic E-state index is 1.11. The van der Waals surface area contributed by atoms with Crippen molar-refractivity contribution < 1.29 is 0 Å². The first-order valence-corrected chi connectivity index (χ1v) is 9.12. The number of rotatable bonds is 3. The lowest BCUT2D eigenvalue weighted by Gasteiger charge is -2.12. The first-order chi connectivity index (χ1) is 12.3. The van der Waals surface area contributed by atoms with Crippen LogP contribution in [0.5, 0.6) is 0 Å². The van der Waals surface area contributed by atoms with Gasteiger partial charge in [0, 0.05) is 4.47 Å². The average molecular weight is 385 g/mol. The zero-order valence-corrected chi connectivity index (χ0v) is 15.3. The number of benzene rings is 4. The Morgan fingerprint density at radius 1 is 0.360 bits per heavy atom. The van der Waals surface area contributed by atoms with E-state index in [-0.39, 0.29) is 0 Å². The Kier molecular flexibility index (Phi) is 4.49. The molecule has 0 aliphatic heterocycles. The van der Waals surface area contributed by atoms with Crippen molar-refractivity contribution in [2.24, 2.45) is 0 Å². The Hall–Kier alpha value is -2.64. The van der Waals surface area contributed by atoms with Crippen LogP contribution in [0, 0.1) is 0 Å². The van der Waals surface area contributed by atoms with Crippen molar-refractivity contribution in [1.82, 2.24) is 0 Å². The molecule has 25 heavy (non-hydrogen) atoms. The fraction of sp³-hybridized carbons (Fsp3) is 0. The lowest BCUT2D eigenvalue weighted by Crippen LogP contribution is -1.86. The van der Waals surface area contributed by atoms with Gasteiger partial charge in [-0.3, -0.25) is 0 Å². The summed E-state index contributed by atoms with van der Waals surface area (Å²) in [5.74, 6) is 0. The van der Waals surface area contributed by atoms with E-state index in [0.717, 1.165) is 4.47 Å². The Bertz CT molecular complexity index is 986. The van der Waals surface area contributed by atoms with E-state index >= 15 is 0 Å². The summed E-state index contributed by atoms with van der Waals surface area (Å²) in [6.45, 7) is 0. The second kappa shape index (κ2) is 7.08. The highest BCUT2D eigenvalue weighted by atomic mass is 79.9. The molecular formula is C24H17Br. The molecule has 0 saturated carbocycles. The first-order valence-electron chi connectivity index (χ1n) is 8.33. The van der Waals surface area contributed by atoms with Crippen LogP contribution in [0.2, 0.25) is 0 Å². The zero-order valence-electron chi connectivity index (χ0n) is 13.7. The zero-order chi connectivity index (χ0) is 17.1. The van der Waals surface area contributed by atoms with Crippen molar-refractivity contribution in [2.75, 3.05) is 0 Å². The smallest absolute Gasteiger partial charge is 0.0253 e. The van der Waals surface area contributed by atoms with Crippen LogP contribution in [-0.4, -0.2) is 0 Å². The summed E-state index contributed by atoms with van der Waals surface area (Å²) in [5, 5.41) is 0. The standard InChI is InChI=1S/C24H17Br/c25-24-13-7-6-12-23(24)22-11-5-4-10-21(22)20-16-14-19(15-17-20)18-8-2-1-3-9-18/h1-17H. The molecule has 0 heterocycles. The molecule has 120 valence electrons. The van der Waals surface area contributed by atoms with Crippen molar-refractivity contribution in [1.29, 1.82) is 0 Å². The van der Waals surface area contributed by atoms with E-state index in [1.807, 2.05) is 12.1 Å². The van der Waals surface area contributed by atoms with Gasteiger partial charge in [-0.15, -0.1) is 0 Å². The second-order valence-electron chi connectivity index (χ2n) is 5.97. The Labute approximate surface area is 156 Å². The number of hydrogen-bond acceptors (Lipinski definition) is 0. The van der Waals surface area contributed by atoms with E-state index in [4.69, 9.17) is 0 Å². The monoisotopic (exact) mass is 384 g/mol. The molecule has 0 bridgehead atoms. The van der Waals surface area contributed by atoms with E-state index in [1.165, 1.54) is 33.4 Å². The van der Waals surface area contributed by atoms with Crippen molar-refractivity contribution >= 4 is 15.9 Å². The van der Waals surface area contributed by atoms with E-state index in [2.05, 4.69) is 107 Å². The Morgan fingerprint density at radius 2 is 0.840 bits per heavy atom. The van der Waals surface area contributed by atoms with Crippen LogP contribution in [0.3, 0.4) is 0 Å². The van der Waals surface area contributed by atoms with Gasteiger partial charge in [0.2, 0.25) is 0 Å². The molecule has 0 radical (unpaired) electrons. The highest BCUT2D eigenvalue weighted by Gasteiger charge is 2.09. The van der Waals surface area contributed by atoms with Gasteiger partial charge < -0.3 is 0 Å². The van der Waals surface area contributed by atoms with E-state index in [1.54, 1.807) is 0 Å². The molecule has 0 spiro atoms. The Morgan fingerprint density at radius 3 is 1.52 bits per heavy atom. The van der Waals surface area contributed by atoms with Crippen LogP contribution in [0.4, 0.5) is 0 Å². The maximum Gasteiger partial charge on any atom is 0.0253 e. The van der Waals surface area contributed by atoms with Crippen LogP contribution in [0.1, 0.15) is 0 Å². The maximum atomic E-state index is 3.68. The molecule has 0 N–H and O–H groups in total. The average Bonchev–Trinajstić information content (AvgIpc) is 2.69. The topological polar surface area (TPSA) is 0 Å². The molecule has 0 aliphatic carbocycles. The summed E-state index contributed by atoms with van der Waals surface area (Å²) in [6.07, 6.45) is 0. The van der Waals surface area contributed by atoms with E-state index in [9.17, 15) is 0 Å². The van der Waals surface area contributed by atoms with Crippen LogP contribution in [0.25, 0.3) is 33.4 Å². The lowest BCUT2D eigenvalue weighted by molar-refractivity contribution is 1.55. The molecule has 0 unspecified atom stereocenters. The minimum absolute atomic E-state index is 1.11. The van der Waals surface area contributed by atoms with Gasteiger partial charge in [0.05, 0.1) is 0 Å². The third-order valence-electron chi connectivity index (χ3n) is 4.39. The third kappa shape index (κ3) is 3.29. The van der Waals surface area contributed by atoms with Gasteiger partial charge >= 0.3 is 0 Å².